The Balaban J connectivity index is 2.36. The highest BCUT2D eigenvalue weighted by Gasteiger charge is 2.15. The second-order valence-electron chi connectivity index (χ2n) is 4.07. The van der Waals surface area contributed by atoms with Gasteiger partial charge in [-0.05, 0) is 40.8 Å². The number of aromatic amines is 1. The van der Waals surface area contributed by atoms with E-state index in [1.807, 2.05) is 22.6 Å². The minimum atomic E-state index is -1.18. The normalized spacial score (nSPS) is 10.1. The van der Waals surface area contributed by atoms with E-state index in [1.165, 1.54) is 12.1 Å². The van der Waals surface area contributed by atoms with E-state index in [9.17, 15) is 19.5 Å². The van der Waals surface area contributed by atoms with Crippen molar-refractivity contribution in [2.24, 2.45) is 0 Å². The van der Waals surface area contributed by atoms with Crippen LogP contribution in [0.5, 0.6) is 5.88 Å². The predicted molar refractivity (Wildman–Crippen MR) is 82.8 cm³/mol. The Labute approximate surface area is 131 Å². The van der Waals surface area contributed by atoms with E-state index in [2.05, 4.69) is 10.3 Å². The number of hydrogen-bond acceptors (Lipinski definition) is 4. The van der Waals surface area contributed by atoms with Crippen LogP contribution in [0.4, 0.5) is 5.69 Å². The molecule has 1 aromatic heterocycles. The summed E-state index contributed by atoms with van der Waals surface area (Å²) in [6.45, 7) is 0. The summed E-state index contributed by atoms with van der Waals surface area (Å²) in [4.78, 5) is 36.4. The van der Waals surface area contributed by atoms with E-state index in [4.69, 9.17) is 5.11 Å². The van der Waals surface area contributed by atoms with Crippen molar-refractivity contribution in [3.63, 3.8) is 0 Å². The quantitative estimate of drug-likeness (QED) is 0.584. The van der Waals surface area contributed by atoms with Gasteiger partial charge in [0.15, 0.2) is 5.88 Å². The number of aromatic nitrogens is 1. The molecule has 1 aromatic carbocycles. The standard InChI is InChI=1S/C13H9IN2O5/c14-7-1-2-9(8(5-7)13(20)21)15-12(19)6-3-10(17)16-11(18)4-6/h1-5H,(H,15,19)(H,20,21)(H2,16,17,18). The highest BCUT2D eigenvalue weighted by Crippen LogP contribution is 2.20. The van der Waals surface area contributed by atoms with Gasteiger partial charge in [0.2, 0.25) is 0 Å². The maximum Gasteiger partial charge on any atom is 0.337 e. The molecule has 0 atom stereocenters. The van der Waals surface area contributed by atoms with Crippen molar-refractivity contribution in [1.29, 1.82) is 0 Å². The first kappa shape index (κ1) is 15.0. The summed E-state index contributed by atoms with van der Waals surface area (Å²) >= 11 is 1.95. The van der Waals surface area contributed by atoms with Crippen molar-refractivity contribution in [1.82, 2.24) is 4.98 Å². The van der Waals surface area contributed by atoms with Crippen molar-refractivity contribution >= 4 is 40.2 Å². The van der Waals surface area contributed by atoms with Crippen molar-refractivity contribution < 1.29 is 19.8 Å². The molecule has 2 aromatic rings. The number of nitrogens with one attached hydrogen (secondary N) is 2. The number of benzene rings is 1. The van der Waals surface area contributed by atoms with Crippen LogP contribution in [-0.4, -0.2) is 27.1 Å². The molecular formula is C13H9IN2O5. The van der Waals surface area contributed by atoms with Gasteiger partial charge in [0, 0.05) is 15.7 Å². The van der Waals surface area contributed by atoms with Gasteiger partial charge in [-0.1, -0.05) is 0 Å². The number of halogens is 1. The van der Waals surface area contributed by atoms with Gasteiger partial charge in [-0.15, -0.1) is 0 Å². The fourth-order valence-corrected chi connectivity index (χ4v) is 2.15. The first-order chi connectivity index (χ1) is 9.86. The molecule has 21 heavy (non-hydrogen) atoms. The van der Waals surface area contributed by atoms with Gasteiger partial charge in [-0.2, -0.15) is 0 Å². The summed E-state index contributed by atoms with van der Waals surface area (Å²) in [5.41, 5.74) is -0.677. The average molecular weight is 400 g/mol. The minimum absolute atomic E-state index is 0.0655. The molecule has 0 aliphatic heterocycles. The number of pyridine rings is 1. The van der Waals surface area contributed by atoms with Gasteiger partial charge in [0.05, 0.1) is 16.8 Å². The SMILES string of the molecule is O=C(Nc1ccc(I)cc1C(=O)O)c1cc(O)[nH]c(=O)c1. The fourth-order valence-electron chi connectivity index (χ4n) is 1.66. The minimum Gasteiger partial charge on any atom is -0.494 e. The molecule has 0 fully saturated rings. The van der Waals surface area contributed by atoms with Gasteiger partial charge in [-0.3, -0.25) is 14.6 Å². The number of hydrogen-bond donors (Lipinski definition) is 4. The number of carboxylic acids is 1. The van der Waals surface area contributed by atoms with Crippen LogP contribution in [0.3, 0.4) is 0 Å². The molecule has 0 bridgehead atoms. The Morgan fingerprint density at radius 2 is 1.90 bits per heavy atom. The number of aromatic hydroxyl groups is 1. The summed E-state index contributed by atoms with van der Waals surface area (Å²) in [5.74, 6) is -2.33. The molecule has 4 N–H and O–H groups in total. The number of aromatic carboxylic acids is 1. The van der Waals surface area contributed by atoms with Gasteiger partial charge in [-0.25, -0.2) is 4.79 Å². The second-order valence-corrected chi connectivity index (χ2v) is 5.31. The first-order valence-corrected chi connectivity index (χ1v) is 6.72. The molecule has 7 nitrogen and oxygen atoms in total. The average Bonchev–Trinajstić information content (AvgIpc) is 2.39. The zero-order valence-corrected chi connectivity index (χ0v) is 12.5. The van der Waals surface area contributed by atoms with Crippen molar-refractivity contribution in [3.8, 4) is 5.88 Å². The van der Waals surface area contributed by atoms with E-state index in [1.54, 1.807) is 6.07 Å². The molecule has 1 heterocycles. The number of anilines is 1. The Kier molecular flexibility index (Phi) is 4.26. The zero-order valence-electron chi connectivity index (χ0n) is 10.4. The molecule has 2 rings (SSSR count). The predicted octanol–water partition coefficient (Wildman–Crippen LogP) is 1.64. The number of rotatable bonds is 3. The van der Waals surface area contributed by atoms with E-state index in [0.29, 0.717) is 3.57 Å². The van der Waals surface area contributed by atoms with Crippen LogP contribution >= 0.6 is 22.6 Å². The third-order valence-corrected chi connectivity index (χ3v) is 3.22. The van der Waals surface area contributed by atoms with Gasteiger partial charge in [0.1, 0.15) is 0 Å². The maximum absolute atomic E-state index is 12.0. The van der Waals surface area contributed by atoms with Gasteiger partial charge in [0.25, 0.3) is 11.5 Å². The van der Waals surface area contributed by atoms with Crippen LogP contribution in [0, 0.1) is 3.57 Å². The lowest BCUT2D eigenvalue weighted by atomic mass is 10.1. The van der Waals surface area contributed by atoms with E-state index in [0.717, 1.165) is 12.1 Å². The van der Waals surface area contributed by atoms with Crippen molar-refractivity contribution in [3.05, 3.63) is 55.4 Å². The molecule has 0 saturated heterocycles. The molecule has 1 amide bonds. The Hall–Kier alpha value is -2.36. The third-order valence-electron chi connectivity index (χ3n) is 2.55. The molecule has 0 spiro atoms. The first-order valence-electron chi connectivity index (χ1n) is 5.64. The summed E-state index contributed by atoms with van der Waals surface area (Å²) in [5, 5.41) is 20.8. The number of H-pyrrole nitrogens is 1. The monoisotopic (exact) mass is 400 g/mol. The third kappa shape index (κ3) is 3.60. The summed E-state index contributed by atoms with van der Waals surface area (Å²) < 4.78 is 0.705. The highest BCUT2D eigenvalue weighted by molar-refractivity contribution is 14.1. The number of carbonyl (C=O) groups excluding carboxylic acids is 1. The molecule has 8 heteroatoms. The number of amides is 1. The molecule has 0 unspecified atom stereocenters. The van der Waals surface area contributed by atoms with E-state index in [-0.39, 0.29) is 16.8 Å². The lowest BCUT2D eigenvalue weighted by molar-refractivity contribution is 0.0698. The maximum atomic E-state index is 12.0. The summed E-state index contributed by atoms with van der Waals surface area (Å²) in [6, 6.07) is 6.58. The van der Waals surface area contributed by atoms with E-state index < -0.39 is 23.3 Å². The van der Waals surface area contributed by atoms with Crippen LogP contribution in [0.1, 0.15) is 20.7 Å². The molecule has 0 saturated carbocycles. The smallest absolute Gasteiger partial charge is 0.337 e. The topological polar surface area (TPSA) is 119 Å². The van der Waals surface area contributed by atoms with Crippen LogP contribution in [0.15, 0.2) is 35.1 Å². The van der Waals surface area contributed by atoms with Gasteiger partial charge < -0.3 is 15.5 Å². The molecule has 0 radical (unpaired) electrons. The Morgan fingerprint density at radius 3 is 2.52 bits per heavy atom. The molecule has 0 aliphatic carbocycles. The highest BCUT2D eigenvalue weighted by atomic mass is 127. The Bertz CT molecular complexity index is 784. The van der Waals surface area contributed by atoms with E-state index >= 15 is 0 Å². The zero-order chi connectivity index (χ0) is 15.6. The van der Waals surface area contributed by atoms with Crippen LogP contribution in [0.2, 0.25) is 0 Å². The van der Waals surface area contributed by atoms with Crippen molar-refractivity contribution in [2.45, 2.75) is 0 Å². The lowest BCUT2D eigenvalue weighted by Crippen LogP contribution is -2.17. The van der Waals surface area contributed by atoms with Crippen LogP contribution in [-0.2, 0) is 0 Å². The van der Waals surface area contributed by atoms with Crippen molar-refractivity contribution in [2.75, 3.05) is 5.32 Å². The summed E-state index contributed by atoms with van der Waals surface area (Å²) in [7, 11) is 0. The molecule has 0 aliphatic rings. The largest absolute Gasteiger partial charge is 0.494 e. The number of carbonyl (C=O) groups is 2. The summed E-state index contributed by atoms with van der Waals surface area (Å²) in [6.07, 6.45) is 0. The van der Waals surface area contributed by atoms with Gasteiger partial charge >= 0.3 is 5.97 Å². The Morgan fingerprint density at radius 1 is 1.19 bits per heavy atom. The lowest BCUT2D eigenvalue weighted by Gasteiger charge is -2.09. The molecular weight excluding hydrogens is 391 g/mol. The number of carboxylic acid groups (broad SMARTS) is 1. The van der Waals surface area contributed by atoms with Crippen LogP contribution < -0.4 is 10.9 Å². The second kappa shape index (κ2) is 5.95. The molecule has 108 valence electrons. The fraction of sp³-hybridized carbons (Fsp3) is 0. The van der Waals surface area contributed by atoms with Crippen LogP contribution in [0.25, 0.3) is 0 Å².